The number of amides is 3. The molecule has 0 saturated heterocycles. The smallest absolute Gasteiger partial charge is 0.342 e. The summed E-state index contributed by atoms with van der Waals surface area (Å²) in [5.74, 6) is 0.384. The van der Waals surface area contributed by atoms with Crippen molar-refractivity contribution in [2.45, 2.75) is 6.10 Å². The molecule has 0 saturated carbocycles. The van der Waals surface area contributed by atoms with Crippen LogP contribution in [-0.4, -0.2) is 58.0 Å². The van der Waals surface area contributed by atoms with Crippen molar-refractivity contribution in [3.63, 3.8) is 0 Å². The summed E-state index contributed by atoms with van der Waals surface area (Å²) in [5, 5.41) is 4.59. The van der Waals surface area contributed by atoms with Crippen molar-refractivity contribution in [1.82, 2.24) is 10.6 Å². The summed E-state index contributed by atoms with van der Waals surface area (Å²) in [6, 6.07) is 11.0. The molecule has 2 aromatic carbocycles. The van der Waals surface area contributed by atoms with Gasteiger partial charge < -0.3 is 29.0 Å². The lowest BCUT2D eigenvalue weighted by atomic mass is 10.2. The van der Waals surface area contributed by atoms with Crippen molar-refractivity contribution in [1.29, 1.82) is 0 Å². The third-order valence-corrected chi connectivity index (χ3v) is 4.27. The van der Waals surface area contributed by atoms with Gasteiger partial charge in [0.1, 0.15) is 23.7 Å². The molecule has 0 fully saturated rings. The Morgan fingerprint density at radius 2 is 1.84 bits per heavy atom. The number of para-hydroxylation sites is 2. The van der Waals surface area contributed by atoms with Gasteiger partial charge in [-0.1, -0.05) is 12.1 Å². The van der Waals surface area contributed by atoms with E-state index in [0.29, 0.717) is 17.2 Å². The second-order valence-electron chi connectivity index (χ2n) is 6.40. The highest BCUT2D eigenvalue weighted by Crippen LogP contribution is 2.30. The molecule has 164 valence electrons. The molecule has 31 heavy (non-hydrogen) atoms. The van der Waals surface area contributed by atoms with Crippen molar-refractivity contribution in [3.8, 4) is 23.0 Å². The summed E-state index contributed by atoms with van der Waals surface area (Å²) in [4.78, 5) is 36.0. The van der Waals surface area contributed by atoms with Gasteiger partial charge in [0.25, 0.3) is 5.91 Å². The highest BCUT2D eigenvalue weighted by molar-refractivity contribution is 5.97. The maximum Gasteiger partial charge on any atom is 0.342 e. The van der Waals surface area contributed by atoms with Gasteiger partial charge in [-0.3, -0.25) is 10.1 Å². The van der Waals surface area contributed by atoms with Crippen molar-refractivity contribution < 1.29 is 38.1 Å². The minimum atomic E-state index is -0.788. The fraction of sp³-hybridized carbons (Fsp3) is 0.286. The predicted octanol–water partition coefficient (Wildman–Crippen LogP) is 1.53. The van der Waals surface area contributed by atoms with Gasteiger partial charge in [-0.25, -0.2) is 9.59 Å². The van der Waals surface area contributed by atoms with Crippen molar-refractivity contribution >= 4 is 17.9 Å². The van der Waals surface area contributed by atoms with Gasteiger partial charge in [-0.05, 0) is 24.3 Å². The van der Waals surface area contributed by atoms with E-state index in [0.717, 1.165) is 0 Å². The molecule has 1 heterocycles. The first-order valence-corrected chi connectivity index (χ1v) is 9.35. The van der Waals surface area contributed by atoms with E-state index in [2.05, 4.69) is 10.6 Å². The van der Waals surface area contributed by atoms with Gasteiger partial charge in [-0.2, -0.15) is 0 Å². The molecule has 1 aliphatic rings. The van der Waals surface area contributed by atoms with Crippen LogP contribution in [0.15, 0.2) is 42.5 Å². The number of imide groups is 1. The number of ether oxygens (including phenoxy) is 5. The maximum atomic E-state index is 12.2. The average molecular weight is 430 g/mol. The Morgan fingerprint density at radius 1 is 1.06 bits per heavy atom. The summed E-state index contributed by atoms with van der Waals surface area (Å²) in [6.45, 7) is -0.263. The lowest BCUT2D eigenvalue weighted by Crippen LogP contribution is -2.46. The molecule has 1 aliphatic heterocycles. The molecule has 0 spiro atoms. The molecule has 0 radical (unpaired) electrons. The maximum absolute atomic E-state index is 12.2. The van der Waals surface area contributed by atoms with Crippen LogP contribution in [0.25, 0.3) is 0 Å². The normalized spacial score (nSPS) is 14.2. The SMILES string of the molecule is COc1ccc(C(=O)OCC(=O)NC(=O)NCC2COc3ccccc3O2)c(OC)c1. The van der Waals surface area contributed by atoms with Gasteiger partial charge in [0.2, 0.25) is 0 Å². The molecule has 0 bridgehead atoms. The van der Waals surface area contributed by atoms with Gasteiger partial charge in [-0.15, -0.1) is 0 Å². The number of esters is 1. The van der Waals surface area contributed by atoms with E-state index in [1.807, 2.05) is 12.1 Å². The van der Waals surface area contributed by atoms with Crippen LogP contribution in [0.1, 0.15) is 10.4 Å². The lowest BCUT2D eigenvalue weighted by molar-refractivity contribution is -0.123. The average Bonchev–Trinajstić information content (AvgIpc) is 2.80. The Morgan fingerprint density at radius 3 is 2.58 bits per heavy atom. The molecule has 1 unspecified atom stereocenters. The molecular weight excluding hydrogens is 408 g/mol. The minimum absolute atomic E-state index is 0.121. The van der Waals surface area contributed by atoms with E-state index in [1.54, 1.807) is 18.2 Å². The van der Waals surface area contributed by atoms with Crippen LogP contribution in [-0.2, 0) is 9.53 Å². The van der Waals surface area contributed by atoms with Crippen LogP contribution in [0, 0.1) is 0 Å². The first kappa shape index (κ1) is 21.8. The molecule has 10 heteroatoms. The van der Waals surface area contributed by atoms with E-state index >= 15 is 0 Å². The topological polar surface area (TPSA) is 121 Å². The van der Waals surface area contributed by atoms with Crippen LogP contribution < -0.4 is 29.6 Å². The van der Waals surface area contributed by atoms with E-state index in [-0.39, 0.29) is 24.5 Å². The molecule has 3 amide bonds. The Labute approximate surface area is 178 Å². The number of carbonyl (C=O) groups excluding carboxylic acids is 3. The van der Waals surface area contributed by atoms with E-state index in [9.17, 15) is 14.4 Å². The zero-order valence-electron chi connectivity index (χ0n) is 17.0. The van der Waals surface area contributed by atoms with Crippen LogP contribution in [0.3, 0.4) is 0 Å². The summed E-state index contributed by atoms with van der Waals surface area (Å²) in [6.07, 6.45) is -0.406. The predicted molar refractivity (Wildman–Crippen MR) is 108 cm³/mol. The zero-order chi connectivity index (χ0) is 22.2. The van der Waals surface area contributed by atoms with Gasteiger partial charge in [0.05, 0.1) is 20.8 Å². The number of nitrogens with one attached hydrogen (secondary N) is 2. The van der Waals surface area contributed by atoms with Crippen molar-refractivity contribution in [2.24, 2.45) is 0 Å². The third-order valence-electron chi connectivity index (χ3n) is 4.27. The van der Waals surface area contributed by atoms with Gasteiger partial charge in [0.15, 0.2) is 24.2 Å². The van der Waals surface area contributed by atoms with Crippen molar-refractivity contribution in [2.75, 3.05) is 34.0 Å². The number of rotatable bonds is 7. The first-order chi connectivity index (χ1) is 15.0. The monoisotopic (exact) mass is 430 g/mol. The van der Waals surface area contributed by atoms with E-state index < -0.39 is 30.6 Å². The number of hydrogen-bond acceptors (Lipinski definition) is 8. The molecule has 10 nitrogen and oxygen atoms in total. The van der Waals surface area contributed by atoms with E-state index in [1.165, 1.54) is 26.4 Å². The van der Waals surface area contributed by atoms with Gasteiger partial charge in [0, 0.05) is 6.07 Å². The third kappa shape index (κ3) is 5.78. The lowest BCUT2D eigenvalue weighted by Gasteiger charge is -2.26. The molecule has 0 aromatic heterocycles. The minimum Gasteiger partial charge on any atom is -0.497 e. The number of hydrogen-bond donors (Lipinski definition) is 2. The standard InChI is InChI=1S/C21H22N2O8/c1-27-13-7-8-15(18(9-13)28-2)20(25)30-12-19(24)23-21(26)22-10-14-11-29-16-5-3-4-6-17(16)31-14/h3-9,14H,10-12H2,1-2H3,(H2,22,23,24,26). The summed E-state index contributed by atoms with van der Waals surface area (Å²) in [5.41, 5.74) is 0.121. The van der Waals surface area contributed by atoms with Crippen molar-refractivity contribution in [3.05, 3.63) is 48.0 Å². The first-order valence-electron chi connectivity index (χ1n) is 9.35. The van der Waals surface area contributed by atoms with Crippen LogP contribution in [0.5, 0.6) is 23.0 Å². The summed E-state index contributed by atoms with van der Waals surface area (Å²) < 4.78 is 26.4. The number of carbonyl (C=O) groups is 3. The molecule has 2 N–H and O–H groups in total. The Kier molecular flexibility index (Phi) is 7.15. The van der Waals surface area contributed by atoms with Crippen LogP contribution in [0.2, 0.25) is 0 Å². The second kappa shape index (κ2) is 10.2. The largest absolute Gasteiger partial charge is 0.497 e. The second-order valence-corrected chi connectivity index (χ2v) is 6.40. The Balaban J connectivity index is 1.41. The quantitative estimate of drug-likeness (QED) is 0.635. The molecule has 1 atom stereocenters. The molecule has 2 aromatic rings. The zero-order valence-corrected chi connectivity index (χ0v) is 17.0. The number of methoxy groups -OCH3 is 2. The Hall–Kier alpha value is -3.95. The molecular formula is C21H22N2O8. The van der Waals surface area contributed by atoms with Gasteiger partial charge >= 0.3 is 12.0 Å². The number of benzene rings is 2. The van der Waals surface area contributed by atoms with E-state index in [4.69, 9.17) is 23.7 Å². The number of fused-ring (bicyclic) bond motifs is 1. The fourth-order valence-electron chi connectivity index (χ4n) is 2.75. The Bertz CT molecular complexity index is 962. The fourth-order valence-corrected chi connectivity index (χ4v) is 2.75. The van der Waals surface area contributed by atoms with Crippen LogP contribution in [0.4, 0.5) is 4.79 Å². The van der Waals surface area contributed by atoms with Crippen LogP contribution >= 0.6 is 0 Å². The highest BCUT2D eigenvalue weighted by atomic mass is 16.6. The molecule has 3 rings (SSSR count). The summed E-state index contributed by atoms with van der Waals surface area (Å²) >= 11 is 0. The molecule has 0 aliphatic carbocycles. The summed E-state index contributed by atoms with van der Waals surface area (Å²) in [7, 11) is 2.87. The number of urea groups is 1. The highest BCUT2D eigenvalue weighted by Gasteiger charge is 2.22.